The van der Waals surface area contributed by atoms with Crippen LogP contribution in [-0.4, -0.2) is 22.2 Å². The van der Waals surface area contributed by atoms with Crippen LogP contribution in [0.4, 0.5) is 0 Å². The smallest absolute Gasteiger partial charge is 0.311 e. The summed E-state index contributed by atoms with van der Waals surface area (Å²) in [6, 6.07) is 0. The molecule has 0 heterocycles. The molecule has 0 aliphatic heterocycles. The molecule has 1 fully saturated rings. The van der Waals surface area contributed by atoms with Crippen molar-refractivity contribution in [3.63, 3.8) is 0 Å². The van der Waals surface area contributed by atoms with E-state index in [9.17, 15) is 14.7 Å². The number of aliphatic carboxylic acids is 2. The Bertz CT molecular complexity index is 346. The van der Waals surface area contributed by atoms with Crippen molar-refractivity contribution in [3.8, 4) is 0 Å². The molecule has 0 saturated heterocycles. The highest BCUT2D eigenvalue weighted by Gasteiger charge is 2.43. The van der Waals surface area contributed by atoms with E-state index in [2.05, 4.69) is 0 Å². The number of rotatable bonds is 2. The first-order chi connectivity index (χ1) is 7.61. The predicted molar refractivity (Wildman–Crippen MR) is 70.4 cm³/mol. The second-order valence-electron chi connectivity index (χ2n) is 4.67. The Morgan fingerprint density at radius 1 is 1.06 bits per heavy atom. The number of carboxylic acid groups (broad SMARTS) is 2. The summed E-state index contributed by atoms with van der Waals surface area (Å²) in [6.45, 7) is 0. The highest BCUT2D eigenvalue weighted by molar-refractivity contribution is 5.83. The first kappa shape index (κ1) is 16.7. The lowest BCUT2D eigenvalue weighted by atomic mass is 9.67. The molecule has 0 spiro atoms. The Hall–Kier alpha value is -1.32. The molecule has 2 aliphatic rings. The van der Waals surface area contributed by atoms with Crippen molar-refractivity contribution in [2.75, 3.05) is 0 Å². The van der Waals surface area contributed by atoms with Gasteiger partial charge in [-0.2, -0.15) is 0 Å². The predicted octanol–water partition coefficient (Wildman–Crippen LogP) is 3.18. The van der Waals surface area contributed by atoms with Gasteiger partial charge < -0.3 is 10.2 Å². The SMILES string of the molecule is C.C.O=C(O)C1CCC2CCCC=C2C1C(=O)O. The van der Waals surface area contributed by atoms with Crippen LogP contribution in [-0.2, 0) is 9.59 Å². The average Bonchev–Trinajstić information content (AvgIpc) is 2.27. The molecule has 1 saturated carbocycles. The summed E-state index contributed by atoms with van der Waals surface area (Å²) in [7, 11) is 0. The molecule has 2 rings (SSSR count). The molecule has 104 valence electrons. The molecular formula is C14H24O4. The second kappa shape index (κ2) is 6.57. The van der Waals surface area contributed by atoms with E-state index in [4.69, 9.17) is 5.11 Å². The minimum atomic E-state index is -0.981. The zero-order valence-electron chi connectivity index (χ0n) is 9.06. The van der Waals surface area contributed by atoms with Crippen molar-refractivity contribution in [2.24, 2.45) is 17.8 Å². The maximum absolute atomic E-state index is 11.2. The Morgan fingerprint density at radius 2 is 1.72 bits per heavy atom. The van der Waals surface area contributed by atoms with Gasteiger partial charge in [0.15, 0.2) is 0 Å². The largest absolute Gasteiger partial charge is 0.481 e. The first-order valence-electron chi connectivity index (χ1n) is 5.77. The van der Waals surface area contributed by atoms with Crippen molar-refractivity contribution >= 4 is 11.9 Å². The summed E-state index contributed by atoms with van der Waals surface area (Å²) in [5, 5.41) is 18.2. The average molecular weight is 256 g/mol. The van der Waals surface area contributed by atoms with Gasteiger partial charge in [0, 0.05) is 0 Å². The minimum Gasteiger partial charge on any atom is -0.481 e. The van der Waals surface area contributed by atoms with Crippen LogP contribution in [0.1, 0.15) is 47.0 Å². The van der Waals surface area contributed by atoms with E-state index in [-0.39, 0.29) is 14.9 Å². The number of hydrogen-bond donors (Lipinski definition) is 2. The van der Waals surface area contributed by atoms with Crippen LogP contribution >= 0.6 is 0 Å². The van der Waals surface area contributed by atoms with Gasteiger partial charge in [0.2, 0.25) is 0 Å². The van der Waals surface area contributed by atoms with Crippen LogP contribution in [0.15, 0.2) is 11.6 Å². The van der Waals surface area contributed by atoms with E-state index >= 15 is 0 Å². The first-order valence-corrected chi connectivity index (χ1v) is 5.77. The summed E-state index contributed by atoms with van der Waals surface area (Å²) < 4.78 is 0. The van der Waals surface area contributed by atoms with Crippen LogP contribution < -0.4 is 0 Å². The molecule has 0 amide bonds. The lowest BCUT2D eigenvalue weighted by molar-refractivity contribution is -0.153. The maximum Gasteiger partial charge on any atom is 0.311 e. The van der Waals surface area contributed by atoms with Crippen LogP contribution in [0, 0.1) is 17.8 Å². The molecule has 2 aliphatic carbocycles. The number of allylic oxidation sites excluding steroid dienone is 1. The van der Waals surface area contributed by atoms with E-state index in [0.717, 1.165) is 31.3 Å². The Labute approximate surface area is 109 Å². The van der Waals surface area contributed by atoms with Gasteiger partial charge in [-0.3, -0.25) is 9.59 Å². The Balaban J connectivity index is 0.00000144. The zero-order valence-corrected chi connectivity index (χ0v) is 9.06. The van der Waals surface area contributed by atoms with Gasteiger partial charge in [-0.1, -0.05) is 26.5 Å². The van der Waals surface area contributed by atoms with Crippen LogP contribution in [0.3, 0.4) is 0 Å². The van der Waals surface area contributed by atoms with Gasteiger partial charge in [-0.25, -0.2) is 0 Å². The van der Waals surface area contributed by atoms with Crippen molar-refractivity contribution in [3.05, 3.63) is 11.6 Å². The number of carboxylic acids is 2. The van der Waals surface area contributed by atoms with E-state index in [0.29, 0.717) is 12.3 Å². The fourth-order valence-electron chi connectivity index (χ4n) is 3.02. The van der Waals surface area contributed by atoms with Crippen LogP contribution in [0.2, 0.25) is 0 Å². The summed E-state index contributed by atoms with van der Waals surface area (Å²) in [4.78, 5) is 22.3. The lowest BCUT2D eigenvalue weighted by Crippen LogP contribution is -2.38. The standard InChI is InChI=1S/C12H16O4.2CH4/c13-11(14)9-6-5-7-3-1-2-4-8(7)10(9)12(15)16;;/h4,7,9-10H,1-3,5-6H2,(H,13,14)(H,15,16);2*1H4. The highest BCUT2D eigenvalue weighted by atomic mass is 16.4. The minimum absolute atomic E-state index is 0. The molecule has 18 heavy (non-hydrogen) atoms. The van der Waals surface area contributed by atoms with E-state index in [1.165, 1.54) is 0 Å². The molecule has 0 bridgehead atoms. The monoisotopic (exact) mass is 256 g/mol. The fourth-order valence-corrected chi connectivity index (χ4v) is 3.02. The van der Waals surface area contributed by atoms with Gasteiger partial charge in [-0.05, 0) is 38.0 Å². The third-order valence-electron chi connectivity index (χ3n) is 3.78. The lowest BCUT2D eigenvalue weighted by Gasteiger charge is -2.36. The van der Waals surface area contributed by atoms with Gasteiger partial charge in [0.05, 0.1) is 11.8 Å². The third kappa shape index (κ3) is 2.92. The summed E-state index contributed by atoms with van der Waals surface area (Å²) >= 11 is 0. The van der Waals surface area contributed by atoms with E-state index in [1.807, 2.05) is 6.08 Å². The third-order valence-corrected chi connectivity index (χ3v) is 3.78. The van der Waals surface area contributed by atoms with Gasteiger partial charge in [-0.15, -0.1) is 0 Å². The molecule has 3 unspecified atom stereocenters. The normalized spacial score (nSPS) is 30.0. The molecule has 4 heteroatoms. The summed E-state index contributed by atoms with van der Waals surface area (Å²) in [5.74, 6) is -3.18. The highest BCUT2D eigenvalue weighted by Crippen LogP contribution is 2.43. The van der Waals surface area contributed by atoms with Crippen molar-refractivity contribution in [2.45, 2.75) is 47.0 Å². The van der Waals surface area contributed by atoms with Crippen molar-refractivity contribution < 1.29 is 19.8 Å². The van der Waals surface area contributed by atoms with Crippen molar-refractivity contribution in [1.29, 1.82) is 0 Å². The maximum atomic E-state index is 11.2. The second-order valence-corrected chi connectivity index (χ2v) is 4.67. The Morgan fingerprint density at radius 3 is 2.28 bits per heavy atom. The van der Waals surface area contributed by atoms with E-state index < -0.39 is 23.8 Å². The fraction of sp³-hybridized carbons (Fsp3) is 0.714. The number of hydrogen-bond acceptors (Lipinski definition) is 2. The molecule has 4 nitrogen and oxygen atoms in total. The van der Waals surface area contributed by atoms with Crippen LogP contribution in [0.5, 0.6) is 0 Å². The topological polar surface area (TPSA) is 74.6 Å². The molecular weight excluding hydrogens is 232 g/mol. The zero-order chi connectivity index (χ0) is 11.7. The number of fused-ring (bicyclic) bond motifs is 1. The van der Waals surface area contributed by atoms with Crippen LogP contribution in [0.25, 0.3) is 0 Å². The van der Waals surface area contributed by atoms with Gasteiger partial charge >= 0.3 is 11.9 Å². The summed E-state index contributed by atoms with van der Waals surface area (Å²) in [5.41, 5.74) is 0.873. The van der Waals surface area contributed by atoms with E-state index in [1.54, 1.807) is 0 Å². The molecule has 0 aromatic heterocycles. The number of carbonyl (C=O) groups is 2. The molecule has 0 aromatic carbocycles. The van der Waals surface area contributed by atoms with Gasteiger partial charge in [0.1, 0.15) is 0 Å². The molecule has 3 atom stereocenters. The van der Waals surface area contributed by atoms with Crippen molar-refractivity contribution in [1.82, 2.24) is 0 Å². The molecule has 2 N–H and O–H groups in total. The molecule has 0 radical (unpaired) electrons. The summed E-state index contributed by atoms with van der Waals surface area (Å²) in [6.07, 6.45) is 6.28. The van der Waals surface area contributed by atoms with Gasteiger partial charge in [0.25, 0.3) is 0 Å². The quantitative estimate of drug-likeness (QED) is 0.744. The Kier molecular flexibility index (Phi) is 6.09. The molecule has 0 aromatic rings.